The van der Waals surface area contributed by atoms with Crippen LogP contribution in [0.15, 0.2) is 18.2 Å². The highest BCUT2D eigenvalue weighted by molar-refractivity contribution is 6.42. The Morgan fingerprint density at radius 2 is 1.48 bits per heavy atom. The zero-order valence-corrected chi connectivity index (χ0v) is 15.3. The predicted molar refractivity (Wildman–Crippen MR) is 96.5 cm³/mol. The number of carboxylic acids is 4. The number of nitrogens with one attached hydrogen (secondary N) is 2. The Kier molecular flexibility index (Phi) is 11.5. The van der Waals surface area contributed by atoms with E-state index in [4.69, 9.17) is 62.8 Å². The van der Waals surface area contributed by atoms with Gasteiger partial charge >= 0.3 is 23.9 Å². The van der Waals surface area contributed by atoms with Crippen LogP contribution in [-0.4, -0.2) is 63.4 Å². The van der Waals surface area contributed by atoms with E-state index in [1.54, 1.807) is 0 Å². The second-order valence-corrected chi connectivity index (χ2v) is 5.84. The fraction of sp³-hybridized carbons (Fsp3) is 0.333. The van der Waals surface area contributed by atoms with Crippen LogP contribution in [0.3, 0.4) is 0 Å². The first kappa shape index (κ1) is 24.4. The van der Waals surface area contributed by atoms with Gasteiger partial charge in [0.25, 0.3) is 0 Å². The van der Waals surface area contributed by atoms with E-state index in [1.165, 1.54) is 12.8 Å². The Hall–Kier alpha value is -2.56. The summed E-state index contributed by atoms with van der Waals surface area (Å²) in [4.78, 5) is 36.4. The van der Waals surface area contributed by atoms with E-state index in [-0.39, 0.29) is 0 Å². The van der Waals surface area contributed by atoms with E-state index >= 15 is 0 Å². The number of aliphatic carboxylic acids is 4. The third-order valence-electron chi connectivity index (χ3n) is 3.00. The van der Waals surface area contributed by atoms with Crippen LogP contribution in [0.4, 0.5) is 5.69 Å². The van der Waals surface area contributed by atoms with Crippen LogP contribution in [0.25, 0.3) is 0 Å². The lowest BCUT2D eigenvalue weighted by atomic mass is 10.2. The van der Waals surface area contributed by atoms with Gasteiger partial charge in [-0.05, 0) is 37.6 Å². The summed E-state index contributed by atoms with van der Waals surface area (Å²) < 4.78 is 0. The number of benzene rings is 1. The lowest BCUT2D eigenvalue weighted by Crippen LogP contribution is -2.29. The van der Waals surface area contributed by atoms with Crippen LogP contribution in [0, 0.1) is 0 Å². The molecule has 1 fully saturated rings. The number of halogens is 2. The molecule has 0 saturated carbocycles. The number of rotatable bonds is 3. The Morgan fingerprint density at radius 3 is 1.85 bits per heavy atom. The zero-order valence-electron chi connectivity index (χ0n) is 13.8. The summed E-state index contributed by atoms with van der Waals surface area (Å²) in [5, 5.41) is 37.5. The molecule has 1 unspecified atom stereocenters. The lowest BCUT2D eigenvalue weighted by molar-refractivity contribution is -0.159. The molecule has 1 aromatic rings. The van der Waals surface area contributed by atoms with Crippen molar-refractivity contribution in [3.63, 3.8) is 0 Å². The first-order valence-corrected chi connectivity index (χ1v) is 8.15. The Balaban J connectivity index is 0.000000470. The van der Waals surface area contributed by atoms with E-state index in [2.05, 4.69) is 10.6 Å². The molecule has 150 valence electrons. The van der Waals surface area contributed by atoms with E-state index in [1.807, 2.05) is 18.2 Å². The van der Waals surface area contributed by atoms with Crippen LogP contribution >= 0.6 is 23.2 Å². The van der Waals surface area contributed by atoms with Crippen molar-refractivity contribution in [3.8, 4) is 0 Å². The molecular formula is C15H18Cl2N2O8. The molecule has 1 aliphatic rings. The zero-order chi connectivity index (χ0) is 21.0. The smallest absolute Gasteiger partial charge is 0.414 e. The van der Waals surface area contributed by atoms with Crippen molar-refractivity contribution in [2.24, 2.45) is 0 Å². The van der Waals surface area contributed by atoms with Gasteiger partial charge in [-0.25, -0.2) is 19.2 Å². The number of hydrogen-bond acceptors (Lipinski definition) is 6. The second kappa shape index (κ2) is 12.7. The molecule has 12 heteroatoms. The summed E-state index contributed by atoms with van der Waals surface area (Å²) in [6, 6.07) is 6.20. The highest BCUT2D eigenvalue weighted by Gasteiger charge is 2.13. The van der Waals surface area contributed by atoms with Crippen molar-refractivity contribution in [3.05, 3.63) is 28.2 Å². The summed E-state index contributed by atoms with van der Waals surface area (Å²) in [6.07, 6.45) is 2.52. The predicted octanol–water partition coefficient (Wildman–Crippen LogP) is 1.47. The molecule has 0 aliphatic carbocycles. The molecule has 27 heavy (non-hydrogen) atoms. The highest BCUT2D eigenvalue weighted by Crippen LogP contribution is 2.25. The fourth-order valence-electron chi connectivity index (χ4n) is 1.78. The summed E-state index contributed by atoms with van der Waals surface area (Å²) in [6.45, 7) is 2.08. The molecule has 0 amide bonds. The normalized spacial score (nSPS) is 14.7. The monoisotopic (exact) mass is 424 g/mol. The van der Waals surface area contributed by atoms with Gasteiger partial charge in [-0.15, -0.1) is 0 Å². The Bertz CT molecular complexity index is 630. The molecule has 2 rings (SSSR count). The summed E-state index contributed by atoms with van der Waals surface area (Å²) in [5.41, 5.74) is 1.03. The van der Waals surface area contributed by atoms with E-state index in [0.29, 0.717) is 16.1 Å². The van der Waals surface area contributed by atoms with Crippen LogP contribution in [-0.2, 0) is 19.2 Å². The average molecular weight is 425 g/mol. The molecule has 6 N–H and O–H groups in total. The summed E-state index contributed by atoms with van der Waals surface area (Å²) >= 11 is 11.8. The van der Waals surface area contributed by atoms with Gasteiger partial charge in [0.1, 0.15) is 0 Å². The van der Waals surface area contributed by atoms with Crippen molar-refractivity contribution in [1.29, 1.82) is 0 Å². The molecule has 10 nitrogen and oxygen atoms in total. The van der Waals surface area contributed by atoms with Crippen LogP contribution < -0.4 is 10.6 Å². The van der Waals surface area contributed by atoms with Crippen molar-refractivity contribution < 1.29 is 39.6 Å². The van der Waals surface area contributed by atoms with Gasteiger partial charge < -0.3 is 31.1 Å². The largest absolute Gasteiger partial charge is 0.473 e. The second-order valence-electron chi connectivity index (χ2n) is 5.02. The molecule has 1 heterocycles. The van der Waals surface area contributed by atoms with Gasteiger partial charge in [-0.1, -0.05) is 23.2 Å². The maximum Gasteiger partial charge on any atom is 0.414 e. The number of hydrogen-bond donors (Lipinski definition) is 6. The minimum atomic E-state index is -1.82. The fourth-order valence-corrected chi connectivity index (χ4v) is 2.08. The molecule has 1 saturated heterocycles. The standard InChI is InChI=1S/C11H14Cl2N2.2C2H2O4/c12-10-4-3-8(6-11(10)13)15-7-9-2-1-5-14-9;2*3-1(4)2(5)6/h3-4,6,9,14-15H,1-2,5,7H2;2*(H,3,4)(H,5,6). The third kappa shape index (κ3) is 11.6. The molecular weight excluding hydrogens is 407 g/mol. The average Bonchev–Trinajstić information content (AvgIpc) is 3.10. The van der Waals surface area contributed by atoms with E-state index in [9.17, 15) is 0 Å². The van der Waals surface area contributed by atoms with Crippen LogP contribution in [0.2, 0.25) is 10.0 Å². The molecule has 0 spiro atoms. The Labute approximate surface area is 163 Å². The van der Waals surface area contributed by atoms with Crippen molar-refractivity contribution in [1.82, 2.24) is 5.32 Å². The van der Waals surface area contributed by atoms with Crippen LogP contribution in [0.5, 0.6) is 0 Å². The summed E-state index contributed by atoms with van der Waals surface area (Å²) in [7, 11) is 0. The minimum Gasteiger partial charge on any atom is -0.473 e. The number of carbonyl (C=O) groups is 4. The van der Waals surface area contributed by atoms with E-state index in [0.717, 1.165) is 18.8 Å². The van der Waals surface area contributed by atoms with Gasteiger partial charge in [-0.3, -0.25) is 0 Å². The quantitative estimate of drug-likeness (QED) is 0.389. The molecule has 1 aromatic carbocycles. The third-order valence-corrected chi connectivity index (χ3v) is 3.74. The maximum absolute atomic E-state index is 9.10. The number of carboxylic acid groups (broad SMARTS) is 4. The van der Waals surface area contributed by atoms with Gasteiger partial charge in [0.15, 0.2) is 0 Å². The summed E-state index contributed by atoms with van der Waals surface area (Å²) in [5.74, 6) is -7.30. The molecule has 0 bridgehead atoms. The SMILES string of the molecule is Clc1ccc(NCC2CCCN2)cc1Cl.O=C(O)C(=O)O.O=C(O)C(=O)O. The van der Waals surface area contributed by atoms with E-state index < -0.39 is 23.9 Å². The van der Waals surface area contributed by atoms with Crippen molar-refractivity contribution in [2.75, 3.05) is 18.4 Å². The first-order chi connectivity index (χ1) is 12.5. The lowest BCUT2D eigenvalue weighted by Gasteiger charge is -2.12. The molecule has 0 radical (unpaired) electrons. The van der Waals surface area contributed by atoms with Gasteiger partial charge in [0.05, 0.1) is 10.0 Å². The van der Waals surface area contributed by atoms with Gasteiger partial charge in [0, 0.05) is 18.3 Å². The topological polar surface area (TPSA) is 173 Å². The minimum absolute atomic E-state index is 0.583. The molecule has 1 atom stereocenters. The first-order valence-electron chi connectivity index (χ1n) is 7.39. The maximum atomic E-state index is 9.10. The molecule has 0 aromatic heterocycles. The van der Waals surface area contributed by atoms with Crippen LogP contribution in [0.1, 0.15) is 12.8 Å². The van der Waals surface area contributed by atoms with Gasteiger partial charge in [0.2, 0.25) is 0 Å². The number of anilines is 1. The van der Waals surface area contributed by atoms with Crippen molar-refractivity contribution in [2.45, 2.75) is 18.9 Å². The van der Waals surface area contributed by atoms with Crippen molar-refractivity contribution >= 4 is 52.8 Å². The van der Waals surface area contributed by atoms with Gasteiger partial charge in [-0.2, -0.15) is 0 Å². The molecule has 1 aliphatic heterocycles. The Morgan fingerprint density at radius 1 is 0.963 bits per heavy atom. The highest BCUT2D eigenvalue weighted by atomic mass is 35.5.